The number of hydrogen-bond acceptors (Lipinski definition) is 4. The molecule has 4 rings (SSSR count). The summed E-state index contributed by atoms with van der Waals surface area (Å²) in [6, 6.07) is 6.69. The largest absolute Gasteiger partial charge is 0.497 e. The van der Waals surface area contributed by atoms with E-state index in [-0.39, 0.29) is 11.9 Å². The Morgan fingerprint density at radius 3 is 2.67 bits per heavy atom. The quantitative estimate of drug-likeness (QED) is 0.780. The van der Waals surface area contributed by atoms with Crippen molar-refractivity contribution >= 4 is 16.8 Å². The van der Waals surface area contributed by atoms with E-state index in [1.54, 1.807) is 7.11 Å². The summed E-state index contributed by atoms with van der Waals surface area (Å²) in [5.41, 5.74) is 3.01. The van der Waals surface area contributed by atoms with Gasteiger partial charge in [-0.15, -0.1) is 0 Å². The van der Waals surface area contributed by atoms with Crippen LogP contribution in [0.15, 0.2) is 18.2 Å². The van der Waals surface area contributed by atoms with E-state index in [0.29, 0.717) is 6.04 Å². The molecule has 2 fully saturated rings. The van der Waals surface area contributed by atoms with Crippen LogP contribution in [0.25, 0.3) is 10.9 Å². The molecule has 1 aromatic carbocycles. The third-order valence-electron chi connectivity index (χ3n) is 6.64. The number of hydrogen-bond donors (Lipinski definition) is 1. The SMILES string of the molecule is COc1ccc2c(c1)c(C(=O)NC(C)CN1CCOCC1)c(C)n2C1CCCCC1. The lowest BCUT2D eigenvalue weighted by Gasteiger charge is -2.29. The summed E-state index contributed by atoms with van der Waals surface area (Å²) >= 11 is 0. The molecule has 1 aliphatic carbocycles. The molecule has 1 aliphatic heterocycles. The number of methoxy groups -OCH3 is 1. The molecule has 1 unspecified atom stereocenters. The topological polar surface area (TPSA) is 55.7 Å². The predicted octanol–water partition coefficient (Wildman–Crippen LogP) is 3.91. The highest BCUT2D eigenvalue weighted by molar-refractivity contribution is 6.09. The third-order valence-corrected chi connectivity index (χ3v) is 6.64. The molecule has 2 heterocycles. The van der Waals surface area contributed by atoms with Gasteiger partial charge in [-0.25, -0.2) is 0 Å². The molecule has 1 atom stereocenters. The Bertz CT molecular complexity index is 879. The second-order valence-corrected chi connectivity index (χ2v) is 8.79. The molecule has 1 saturated carbocycles. The molecular formula is C24H35N3O3. The molecule has 1 N–H and O–H groups in total. The van der Waals surface area contributed by atoms with Crippen molar-refractivity contribution in [3.63, 3.8) is 0 Å². The van der Waals surface area contributed by atoms with Crippen LogP contribution in [-0.2, 0) is 4.74 Å². The monoisotopic (exact) mass is 413 g/mol. The van der Waals surface area contributed by atoms with Crippen molar-refractivity contribution < 1.29 is 14.3 Å². The molecule has 6 nitrogen and oxygen atoms in total. The Kier molecular flexibility index (Phi) is 6.64. The fourth-order valence-corrected chi connectivity index (χ4v) is 5.16. The molecule has 30 heavy (non-hydrogen) atoms. The molecule has 6 heteroatoms. The molecule has 0 radical (unpaired) electrons. The maximum Gasteiger partial charge on any atom is 0.253 e. The van der Waals surface area contributed by atoms with Crippen molar-refractivity contribution in [3.05, 3.63) is 29.5 Å². The first-order valence-corrected chi connectivity index (χ1v) is 11.4. The summed E-state index contributed by atoms with van der Waals surface area (Å²) in [6.07, 6.45) is 6.21. The van der Waals surface area contributed by atoms with Crippen LogP contribution in [0.2, 0.25) is 0 Å². The first kappa shape index (κ1) is 21.2. The smallest absolute Gasteiger partial charge is 0.253 e. The van der Waals surface area contributed by atoms with E-state index in [1.807, 2.05) is 12.1 Å². The van der Waals surface area contributed by atoms with E-state index >= 15 is 0 Å². The molecule has 1 amide bonds. The van der Waals surface area contributed by atoms with Gasteiger partial charge in [-0.1, -0.05) is 19.3 Å². The van der Waals surface area contributed by atoms with Crippen LogP contribution in [0.5, 0.6) is 5.75 Å². The van der Waals surface area contributed by atoms with Crippen LogP contribution in [0.1, 0.15) is 61.1 Å². The Labute approximate surface area is 179 Å². The number of carbonyl (C=O) groups is 1. The molecular weight excluding hydrogens is 378 g/mol. The van der Waals surface area contributed by atoms with Gasteiger partial charge in [-0.3, -0.25) is 9.69 Å². The van der Waals surface area contributed by atoms with Crippen LogP contribution < -0.4 is 10.1 Å². The van der Waals surface area contributed by atoms with Gasteiger partial charge in [0, 0.05) is 48.3 Å². The minimum absolute atomic E-state index is 0.0149. The van der Waals surface area contributed by atoms with Crippen LogP contribution >= 0.6 is 0 Å². The van der Waals surface area contributed by atoms with E-state index in [1.165, 1.54) is 32.1 Å². The fraction of sp³-hybridized carbons (Fsp3) is 0.625. The highest BCUT2D eigenvalue weighted by Gasteiger charge is 2.26. The minimum atomic E-state index is 0.0149. The summed E-state index contributed by atoms with van der Waals surface area (Å²) in [5.74, 6) is 0.805. The average molecular weight is 414 g/mol. The Morgan fingerprint density at radius 1 is 1.23 bits per heavy atom. The summed E-state index contributed by atoms with van der Waals surface area (Å²) < 4.78 is 13.3. The first-order chi connectivity index (χ1) is 14.6. The zero-order valence-electron chi connectivity index (χ0n) is 18.6. The van der Waals surface area contributed by atoms with Gasteiger partial charge < -0.3 is 19.4 Å². The van der Waals surface area contributed by atoms with E-state index in [2.05, 4.69) is 34.7 Å². The molecule has 0 spiro atoms. The number of ether oxygens (including phenoxy) is 2. The number of nitrogens with zero attached hydrogens (tertiary/aromatic N) is 2. The van der Waals surface area contributed by atoms with Gasteiger partial charge >= 0.3 is 0 Å². The number of nitrogens with one attached hydrogen (secondary N) is 1. The van der Waals surface area contributed by atoms with Gasteiger partial charge in [0.05, 0.1) is 25.9 Å². The number of amides is 1. The molecule has 0 bridgehead atoms. The van der Waals surface area contributed by atoms with Gasteiger partial charge in [0.25, 0.3) is 5.91 Å². The molecule has 1 saturated heterocycles. The van der Waals surface area contributed by atoms with Crippen molar-refractivity contribution in [1.29, 1.82) is 0 Å². The van der Waals surface area contributed by atoms with Gasteiger partial charge in [0.2, 0.25) is 0 Å². The summed E-state index contributed by atoms with van der Waals surface area (Å²) in [7, 11) is 1.68. The Hall–Kier alpha value is -2.05. The van der Waals surface area contributed by atoms with Gasteiger partial charge in [-0.05, 0) is 44.9 Å². The van der Waals surface area contributed by atoms with Crippen LogP contribution in [0.3, 0.4) is 0 Å². The minimum Gasteiger partial charge on any atom is -0.497 e. The van der Waals surface area contributed by atoms with Gasteiger partial charge in [0.15, 0.2) is 0 Å². The second-order valence-electron chi connectivity index (χ2n) is 8.79. The Morgan fingerprint density at radius 2 is 1.97 bits per heavy atom. The zero-order chi connectivity index (χ0) is 21.1. The highest BCUT2D eigenvalue weighted by Crippen LogP contribution is 2.37. The standard InChI is InChI=1S/C24H35N3O3/c1-17(16-26-11-13-30-14-12-26)25-24(28)23-18(2)27(19-7-5-4-6-8-19)22-10-9-20(29-3)15-21(22)23/h9-10,15,17,19H,4-8,11-14,16H2,1-3H3,(H,25,28). The molecule has 164 valence electrons. The van der Waals surface area contributed by atoms with E-state index in [0.717, 1.165) is 60.8 Å². The predicted molar refractivity (Wildman–Crippen MR) is 120 cm³/mol. The lowest BCUT2D eigenvalue weighted by molar-refractivity contribution is 0.0342. The number of rotatable bonds is 6. The molecule has 2 aromatic rings. The Balaban J connectivity index is 1.62. The van der Waals surface area contributed by atoms with Crippen molar-refractivity contribution in [2.24, 2.45) is 0 Å². The fourth-order valence-electron chi connectivity index (χ4n) is 5.16. The van der Waals surface area contributed by atoms with Crippen LogP contribution in [-0.4, -0.2) is 61.4 Å². The maximum atomic E-state index is 13.4. The van der Waals surface area contributed by atoms with Crippen molar-refractivity contribution in [2.75, 3.05) is 40.0 Å². The second kappa shape index (κ2) is 9.40. The summed E-state index contributed by atoms with van der Waals surface area (Å²) in [4.78, 5) is 15.8. The molecule has 1 aromatic heterocycles. The lowest BCUT2D eigenvalue weighted by Crippen LogP contribution is -2.46. The van der Waals surface area contributed by atoms with E-state index in [4.69, 9.17) is 9.47 Å². The number of aromatic nitrogens is 1. The van der Waals surface area contributed by atoms with E-state index < -0.39 is 0 Å². The first-order valence-electron chi connectivity index (χ1n) is 11.4. The van der Waals surface area contributed by atoms with Crippen LogP contribution in [0.4, 0.5) is 0 Å². The van der Waals surface area contributed by atoms with Gasteiger partial charge in [-0.2, -0.15) is 0 Å². The summed E-state index contributed by atoms with van der Waals surface area (Å²) in [5, 5.41) is 4.25. The normalized spacial score (nSPS) is 19.7. The van der Waals surface area contributed by atoms with Gasteiger partial charge in [0.1, 0.15) is 5.75 Å². The maximum absolute atomic E-state index is 13.4. The molecule has 2 aliphatic rings. The number of fused-ring (bicyclic) bond motifs is 1. The summed E-state index contributed by atoms with van der Waals surface area (Å²) in [6.45, 7) is 8.43. The number of benzene rings is 1. The van der Waals surface area contributed by atoms with Crippen LogP contribution in [0, 0.1) is 6.92 Å². The lowest BCUT2D eigenvalue weighted by atomic mass is 9.95. The average Bonchev–Trinajstić information content (AvgIpc) is 3.05. The zero-order valence-corrected chi connectivity index (χ0v) is 18.6. The number of morpholine rings is 1. The third kappa shape index (κ3) is 4.35. The van der Waals surface area contributed by atoms with E-state index in [9.17, 15) is 4.79 Å². The van der Waals surface area contributed by atoms with Crippen molar-refractivity contribution in [3.8, 4) is 5.75 Å². The van der Waals surface area contributed by atoms with Crippen molar-refractivity contribution in [2.45, 2.75) is 58.0 Å². The highest BCUT2D eigenvalue weighted by atomic mass is 16.5. The number of carbonyl (C=O) groups excluding carboxylic acids is 1. The van der Waals surface area contributed by atoms with Crippen molar-refractivity contribution in [1.82, 2.24) is 14.8 Å².